The summed E-state index contributed by atoms with van der Waals surface area (Å²) in [6.07, 6.45) is 1.17. The Morgan fingerprint density at radius 1 is 1.06 bits per heavy atom. The van der Waals surface area contributed by atoms with Gasteiger partial charge in [0, 0.05) is 62.4 Å². The number of carbonyl (C=O) groups excluding carboxylic acids is 3. The van der Waals surface area contributed by atoms with Gasteiger partial charge in [0.25, 0.3) is 5.91 Å². The monoisotopic (exact) mass is 732 g/mol. The summed E-state index contributed by atoms with van der Waals surface area (Å²) >= 11 is 0. The second kappa shape index (κ2) is 14.5. The number of imidazole rings is 1. The van der Waals surface area contributed by atoms with Crippen LogP contribution in [0.4, 0.5) is 30.2 Å². The van der Waals surface area contributed by atoms with Gasteiger partial charge in [0.2, 0.25) is 11.8 Å². The number of aromatic nitrogens is 3. The SMILES string of the molecule is Cn1c(=O)n(C2CCC(=O)NC2=O)c2cccc(N3CC(OCC4CCC(N=Cc5cc(NC(=O)c6cccc(C(F)(F)F)n6)ccc5N)CC4)C3)c21. The van der Waals surface area contributed by atoms with Crippen LogP contribution in [0.5, 0.6) is 0 Å². The fraction of sp³-hybridized carbons (Fsp3) is 0.405. The third-order valence-electron chi connectivity index (χ3n) is 10.2. The van der Waals surface area contributed by atoms with Gasteiger partial charge in [-0.1, -0.05) is 12.1 Å². The summed E-state index contributed by atoms with van der Waals surface area (Å²) in [5.41, 5.74) is 8.03. The van der Waals surface area contributed by atoms with Crippen LogP contribution in [0, 0.1) is 5.92 Å². The predicted octanol–water partition coefficient (Wildman–Crippen LogP) is 4.45. The van der Waals surface area contributed by atoms with Crippen molar-refractivity contribution in [2.24, 2.45) is 18.0 Å². The maximum atomic E-state index is 13.3. The minimum Gasteiger partial charge on any atom is -0.398 e. The average Bonchev–Trinajstić information content (AvgIpc) is 3.37. The number of fused-ring (bicyclic) bond motifs is 1. The number of nitrogen functional groups attached to an aromatic ring is 1. The zero-order chi connectivity index (χ0) is 37.4. The highest BCUT2D eigenvalue weighted by molar-refractivity contribution is 6.04. The van der Waals surface area contributed by atoms with Crippen LogP contribution in [0.15, 0.2) is 64.4 Å². The van der Waals surface area contributed by atoms with Crippen LogP contribution in [0.1, 0.15) is 66.3 Å². The van der Waals surface area contributed by atoms with Crippen molar-refractivity contribution in [2.45, 2.75) is 62.9 Å². The number of anilines is 3. The van der Waals surface area contributed by atoms with Crippen molar-refractivity contribution < 1.29 is 32.3 Å². The summed E-state index contributed by atoms with van der Waals surface area (Å²) in [6.45, 7) is 1.99. The Bertz CT molecular complexity index is 2150. The van der Waals surface area contributed by atoms with Crippen molar-refractivity contribution in [1.29, 1.82) is 0 Å². The van der Waals surface area contributed by atoms with E-state index in [1.807, 2.05) is 18.2 Å². The number of piperidine rings is 1. The van der Waals surface area contributed by atoms with Crippen molar-refractivity contribution in [3.63, 3.8) is 0 Å². The van der Waals surface area contributed by atoms with Crippen LogP contribution in [-0.4, -0.2) is 69.9 Å². The highest BCUT2D eigenvalue weighted by atomic mass is 19.4. The number of nitrogens with two attached hydrogens (primary N) is 1. The summed E-state index contributed by atoms with van der Waals surface area (Å²) in [6, 6.07) is 13.0. The number of hydrogen-bond acceptors (Lipinski definition) is 9. The molecule has 4 N–H and O–H groups in total. The number of para-hydroxylation sites is 1. The number of ether oxygens (including phenoxy) is 1. The van der Waals surface area contributed by atoms with Crippen LogP contribution < -0.4 is 27.0 Å². The molecular formula is C37H39F3N8O5. The Kier molecular flexibility index (Phi) is 9.81. The number of pyridine rings is 1. The molecule has 2 aromatic carbocycles. The molecule has 13 nitrogen and oxygen atoms in total. The quantitative estimate of drug-likeness (QED) is 0.129. The lowest BCUT2D eigenvalue weighted by molar-refractivity contribution is -0.141. The molecule has 4 aromatic rings. The van der Waals surface area contributed by atoms with Gasteiger partial charge >= 0.3 is 11.9 Å². The second-order valence-electron chi connectivity index (χ2n) is 13.8. The van der Waals surface area contributed by atoms with E-state index in [2.05, 4.69) is 20.5 Å². The highest BCUT2D eigenvalue weighted by Gasteiger charge is 2.35. The number of rotatable bonds is 9. The first kappa shape index (κ1) is 35.9. The lowest BCUT2D eigenvalue weighted by atomic mass is 9.87. The molecule has 2 aromatic heterocycles. The summed E-state index contributed by atoms with van der Waals surface area (Å²) < 4.78 is 48.4. The minimum atomic E-state index is -4.66. The molecule has 1 saturated carbocycles. The van der Waals surface area contributed by atoms with Gasteiger partial charge in [-0.3, -0.25) is 33.8 Å². The number of halogens is 3. The van der Waals surface area contributed by atoms with Crippen LogP contribution in [0.2, 0.25) is 0 Å². The van der Waals surface area contributed by atoms with E-state index in [0.717, 1.165) is 49.0 Å². The number of aliphatic imine (C=N–C) groups is 1. The lowest BCUT2D eigenvalue weighted by Crippen LogP contribution is -2.53. The maximum Gasteiger partial charge on any atom is 0.433 e. The Morgan fingerprint density at radius 2 is 1.81 bits per heavy atom. The van der Waals surface area contributed by atoms with Gasteiger partial charge in [-0.25, -0.2) is 9.78 Å². The molecule has 2 aliphatic heterocycles. The highest BCUT2D eigenvalue weighted by Crippen LogP contribution is 2.34. The number of nitrogens with one attached hydrogen (secondary N) is 2. The number of alkyl halides is 3. The second-order valence-corrected chi connectivity index (χ2v) is 13.8. The first-order valence-electron chi connectivity index (χ1n) is 17.5. The van der Waals surface area contributed by atoms with Crippen molar-refractivity contribution >= 4 is 52.0 Å². The third-order valence-corrected chi connectivity index (χ3v) is 10.2. The van der Waals surface area contributed by atoms with Gasteiger partial charge in [0.1, 0.15) is 17.4 Å². The number of hydrogen-bond donors (Lipinski definition) is 3. The van der Waals surface area contributed by atoms with Gasteiger partial charge < -0.3 is 20.7 Å². The molecule has 1 atom stereocenters. The molecule has 0 radical (unpaired) electrons. The minimum absolute atomic E-state index is 0.0513. The largest absolute Gasteiger partial charge is 0.433 e. The van der Waals surface area contributed by atoms with Crippen LogP contribution >= 0.6 is 0 Å². The molecule has 1 unspecified atom stereocenters. The number of carbonyl (C=O) groups is 3. The standard InChI is InChI=1S/C37H39F3N8O5/c1-46-33-28(5-3-6-29(33)48(36(46)52)30-14-15-32(49)45-35(30)51)47-18-25(19-47)53-20-21-8-10-23(11-9-21)42-17-22-16-24(12-13-26(22)41)43-34(50)27-4-2-7-31(44-27)37(38,39)40/h2-7,12-13,16-17,21,23,25,30H,8-11,14-15,18-20,41H2,1H3,(H,43,50)(H,45,49,51). The normalized spacial score (nSPS) is 21.2. The van der Waals surface area contributed by atoms with Crippen molar-refractivity contribution in [2.75, 3.05) is 35.6 Å². The van der Waals surface area contributed by atoms with Crippen molar-refractivity contribution in [3.8, 4) is 0 Å². The first-order valence-corrected chi connectivity index (χ1v) is 17.5. The molecule has 0 bridgehead atoms. The van der Waals surface area contributed by atoms with Gasteiger partial charge in [-0.05, 0) is 80.5 Å². The van der Waals surface area contributed by atoms with Gasteiger partial charge in [-0.15, -0.1) is 0 Å². The molecular weight excluding hydrogens is 693 g/mol. The zero-order valence-electron chi connectivity index (χ0n) is 28.9. The van der Waals surface area contributed by atoms with Crippen molar-refractivity contribution in [3.05, 3.63) is 82.0 Å². The van der Waals surface area contributed by atoms with Crippen LogP contribution in [0.25, 0.3) is 11.0 Å². The number of benzene rings is 2. The number of imide groups is 1. The van der Waals surface area contributed by atoms with E-state index in [4.69, 9.17) is 15.5 Å². The molecule has 0 spiro atoms. The van der Waals surface area contributed by atoms with E-state index in [1.54, 1.807) is 36.0 Å². The Morgan fingerprint density at radius 3 is 2.55 bits per heavy atom. The van der Waals surface area contributed by atoms with E-state index < -0.39 is 29.7 Å². The smallest absolute Gasteiger partial charge is 0.398 e. The molecule has 3 fully saturated rings. The van der Waals surface area contributed by atoms with E-state index in [-0.39, 0.29) is 42.3 Å². The van der Waals surface area contributed by atoms with Gasteiger partial charge in [0.15, 0.2) is 0 Å². The molecule has 278 valence electrons. The summed E-state index contributed by atoms with van der Waals surface area (Å²) in [7, 11) is 1.70. The van der Waals surface area contributed by atoms with E-state index >= 15 is 0 Å². The Labute approximate surface area is 302 Å². The molecule has 7 rings (SSSR count). The predicted molar refractivity (Wildman–Crippen MR) is 192 cm³/mol. The summed E-state index contributed by atoms with van der Waals surface area (Å²) in [5, 5.41) is 4.93. The number of nitrogens with zero attached hydrogens (tertiary/aromatic N) is 5. The van der Waals surface area contributed by atoms with Crippen molar-refractivity contribution in [1.82, 2.24) is 19.4 Å². The summed E-state index contributed by atoms with van der Waals surface area (Å²) in [5.74, 6) is -1.17. The van der Waals surface area contributed by atoms with E-state index in [0.29, 0.717) is 48.1 Å². The van der Waals surface area contributed by atoms with Gasteiger partial charge in [0.05, 0.1) is 22.8 Å². The van der Waals surface area contributed by atoms with Crippen LogP contribution in [0.3, 0.4) is 0 Å². The first-order chi connectivity index (χ1) is 25.4. The molecule has 1 aliphatic carbocycles. The molecule has 3 aliphatic rings. The number of amides is 3. The summed E-state index contributed by atoms with van der Waals surface area (Å²) in [4.78, 5) is 60.5. The molecule has 3 amide bonds. The Hall–Kier alpha value is -5.51. The molecule has 4 heterocycles. The maximum absolute atomic E-state index is 13.3. The van der Waals surface area contributed by atoms with Gasteiger partial charge in [-0.2, -0.15) is 13.2 Å². The topological polar surface area (TPSA) is 166 Å². The van der Waals surface area contributed by atoms with E-state index in [9.17, 15) is 32.3 Å². The van der Waals surface area contributed by atoms with E-state index in [1.165, 1.54) is 10.6 Å². The zero-order valence-corrected chi connectivity index (χ0v) is 28.9. The molecule has 16 heteroatoms. The lowest BCUT2D eigenvalue weighted by Gasteiger charge is -2.41. The number of aryl methyl sites for hydroxylation is 1. The fourth-order valence-corrected chi connectivity index (χ4v) is 7.24. The average molecular weight is 733 g/mol. The third kappa shape index (κ3) is 7.54. The fourth-order valence-electron chi connectivity index (χ4n) is 7.24. The molecule has 2 saturated heterocycles. The Balaban J connectivity index is 0.891. The van der Waals surface area contributed by atoms with Crippen LogP contribution in [-0.2, 0) is 27.5 Å². The molecule has 53 heavy (non-hydrogen) atoms.